The summed E-state index contributed by atoms with van der Waals surface area (Å²) < 4.78 is 18.7. The monoisotopic (exact) mass is 306 g/mol. The third kappa shape index (κ3) is 2.41. The molecule has 0 aliphatic heterocycles. The third-order valence-corrected chi connectivity index (χ3v) is 3.17. The molecule has 0 spiro atoms. The maximum absolute atomic E-state index is 13.6. The summed E-state index contributed by atoms with van der Waals surface area (Å²) in [5.41, 5.74) is 0.0750. The molecular weight excluding hydrogens is 299 g/mol. The molecule has 5 nitrogen and oxygen atoms in total. The van der Waals surface area contributed by atoms with Gasteiger partial charge in [-0.1, -0.05) is 11.6 Å². The Morgan fingerprint density at radius 3 is 3.00 bits per heavy atom. The van der Waals surface area contributed by atoms with E-state index in [0.29, 0.717) is 16.1 Å². The van der Waals surface area contributed by atoms with Gasteiger partial charge in [-0.15, -0.1) is 0 Å². The molecule has 0 saturated carbocycles. The Hall–Kier alpha value is -2.60. The van der Waals surface area contributed by atoms with Gasteiger partial charge in [0.15, 0.2) is 5.75 Å². The molecule has 2 heterocycles. The van der Waals surface area contributed by atoms with Crippen LogP contribution < -0.4 is 4.74 Å². The van der Waals surface area contributed by atoms with Gasteiger partial charge in [-0.05, 0) is 24.3 Å². The van der Waals surface area contributed by atoms with Crippen LogP contribution in [0.15, 0.2) is 36.7 Å². The zero-order valence-corrected chi connectivity index (χ0v) is 11.2. The smallest absolute Gasteiger partial charge is 0.346 e. The second-order valence-electron chi connectivity index (χ2n) is 4.22. The molecule has 0 bridgehead atoms. The molecule has 7 heteroatoms. The van der Waals surface area contributed by atoms with Crippen molar-refractivity contribution in [3.63, 3.8) is 0 Å². The van der Waals surface area contributed by atoms with Crippen molar-refractivity contribution >= 4 is 28.6 Å². The predicted molar refractivity (Wildman–Crippen MR) is 74.1 cm³/mol. The fraction of sp³-hybridized carbons (Fsp3) is 0. The van der Waals surface area contributed by atoms with Crippen LogP contribution >= 0.6 is 11.6 Å². The Morgan fingerprint density at radius 2 is 2.19 bits per heavy atom. The Morgan fingerprint density at radius 1 is 1.38 bits per heavy atom. The average molecular weight is 307 g/mol. The van der Waals surface area contributed by atoms with Gasteiger partial charge in [-0.2, -0.15) is 0 Å². The number of ether oxygens (including phenoxy) is 1. The van der Waals surface area contributed by atoms with E-state index in [1.54, 1.807) is 6.07 Å². The molecule has 0 fully saturated rings. The summed E-state index contributed by atoms with van der Waals surface area (Å²) in [6, 6.07) is 4.66. The third-order valence-electron chi connectivity index (χ3n) is 2.86. The largest absolute Gasteiger partial charge is 0.508 e. The first-order valence-corrected chi connectivity index (χ1v) is 6.26. The molecule has 0 radical (unpaired) electrons. The molecule has 3 aromatic rings. The summed E-state index contributed by atoms with van der Waals surface area (Å²) in [4.78, 5) is 18.8. The number of H-pyrrole nitrogens is 1. The van der Waals surface area contributed by atoms with Crippen molar-refractivity contribution < 1.29 is 19.0 Å². The Bertz CT molecular complexity index is 847. The van der Waals surface area contributed by atoms with Crippen molar-refractivity contribution in [2.45, 2.75) is 0 Å². The van der Waals surface area contributed by atoms with E-state index in [2.05, 4.69) is 9.97 Å². The number of benzene rings is 1. The van der Waals surface area contributed by atoms with E-state index in [1.807, 2.05) is 0 Å². The highest BCUT2D eigenvalue weighted by Gasteiger charge is 2.18. The number of aromatic hydroxyl groups is 1. The molecule has 21 heavy (non-hydrogen) atoms. The van der Waals surface area contributed by atoms with Crippen LogP contribution in [0.4, 0.5) is 4.39 Å². The maximum atomic E-state index is 13.6. The normalized spacial score (nSPS) is 10.8. The standard InChI is InChI=1S/C14H8ClFN2O3/c15-9-3-4-17-13-12(9)11(6-18-13)21-14(20)8-5-7(19)1-2-10(8)16/h1-6,19H,(H,17,18). The topological polar surface area (TPSA) is 75.2 Å². The zero-order valence-electron chi connectivity index (χ0n) is 10.4. The van der Waals surface area contributed by atoms with Crippen molar-refractivity contribution in [1.82, 2.24) is 9.97 Å². The van der Waals surface area contributed by atoms with E-state index >= 15 is 0 Å². The quantitative estimate of drug-likeness (QED) is 0.712. The lowest BCUT2D eigenvalue weighted by molar-refractivity contribution is 0.0731. The van der Waals surface area contributed by atoms with Gasteiger partial charge in [0, 0.05) is 12.4 Å². The number of carbonyl (C=O) groups is 1. The van der Waals surface area contributed by atoms with E-state index in [1.165, 1.54) is 12.4 Å². The number of nitrogens with zero attached hydrogens (tertiary/aromatic N) is 1. The molecule has 2 aromatic heterocycles. The fourth-order valence-corrected chi connectivity index (χ4v) is 2.13. The minimum Gasteiger partial charge on any atom is -0.508 e. The number of rotatable bonds is 2. The lowest BCUT2D eigenvalue weighted by Gasteiger charge is -2.05. The number of aromatic nitrogens is 2. The summed E-state index contributed by atoms with van der Waals surface area (Å²) in [6.07, 6.45) is 2.91. The van der Waals surface area contributed by atoms with Gasteiger partial charge in [0.25, 0.3) is 0 Å². The average Bonchev–Trinajstić information content (AvgIpc) is 2.86. The number of halogens is 2. The van der Waals surface area contributed by atoms with E-state index in [0.717, 1.165) is 18.2 Å². The number of hydrogen-bond acceptors (Lipinski definition) is 4. The lowest BCUT2D eigenvalue weighted by Crippen LogP contribution is -2.10. The molecule has 0 unspecified atom stereocenters. The lowest BCUT2D eigenvalue weighted by atomic mass is 10.2. The Kier molecular flexibility index (Phi) is 3.23. The van der Waals surface area contributed by atoms with Crippen LogP contribution in [-0.2, 0) is 0 Å². The van der Waals surface area contributed by atoms with Gasteiger partial charge in [-0.3, -0.25) is 0 Å². The molecule has 0 aliphatic rings. The summed E-state index contributed by atoms with van der Waals surface area (Å²) in [5.74, 6) is -1.83. The first-order valence-electron chi connectivity index (χ1n) is 5.88. The predicted octanol–water partition coefficient (Wildman–Crippen LogP) is 3.28. The number of aromatic amines is 1. The second kappa shape index (κ2) is 5.06. The SMILES string of the molecule is O=C(Oc1c[nH]c2nccc(Cl)c12)c1cc(O)ccc1F. The first kappa shape index (κ1) is 13.4. The second-order valence-corrected chi connectivity index (χ2v) is 4.63. The van der Waals surface area contributed by atoms with Crippen LogP contribution in [0, 0.1) is 5.82 Å². The highest BCUT2D eigenvalue weighted by molar-refractivity contribution is 6.35. The van der Waals surface area contributed by atoms with Crippen molar-refractivity contribution in [3.8, 4) is 11.5 Å². The number of phenols is 1. The van der Waals surface area contributed by atoms with E-state index in [9.17, 15) is 14.3 Å². The fourth-order valence-electron chi connectivity index (χ4n) is 1.89. The summed E-state index contributed by atoms with van der Waals surface area (Å²) in [5, 5.41) is 10.1. The molecular formula is C14H8ClFN2O3. The van der Waals surface area contributed by atoms with Crippen LogP contribution in [0.25, 0.3) is 11.0 Å². The van der Waals surface area contributed by atoms with E-state index in [-0.39, 0.29) is 17.1 Å². The zero-order chi connectivity index (χ0) is 15.0. The molecule has 0 saturated heterocycles. The Balaban J connectivity index is 1.99. The first-order chi connectivity index (χ1) is 10.1. The number of fused-ring (bicyclic) bond motifs is 1. The van der Waals surface area contributed by atoms with Crippen molar-refractivity contribution in [2.24, 2.45) is 0 Å². The summed E-state index contributed by atoms with van der Waals surface area (Å²) in [7, 11) is 0. The molecule has 0 atom stereocenters. The van der Waals surface area contributed by atoms with Crippen molar-refractivity contribution in [1.29, 1.82) is 0 Å². The number of carbonyl (C=O) groups excluding carboxylic acids is 1. The van der Waals surface area contributed by atoms with Crippen molar-refractivity contribution in [2.75, 3.05) is 0 Å². The highest BCUT2D eigenvalue weighted by Crippen LogP contribution is 2.31. The van der Waals surface area contributed by atoms with E-state index < -0.39 is 11.8 Å². The van der Waals surface area contributed by atoms with Gasteiger partial charge < -0.3 is 14.8 Å². The van der Waals surface area contributed by atoms with Gasteiger partial charge >= 0.3 is 5.97 Å². The Labute approximate surface area is 123 Å². The molecule has 0 amide bonds. The number of hydrogen-bond donors (Lipinski definition) is 2. The summed E-state index contributed by atoms with van der Waals surface area (Å²) in [6.45, 7) is 0. The highest BCUT2D eigenvalue weighted by atomic mass is 35.5. The van der Waals surface area contributed by atoms with Crippen LogP contribution in [0.5, 0.6) is 11.5 Å². The van der Waals surface area contributed by atoms with Crippen LogP contribution in [-0.4, -0.2) is 21.0 Å². The van der Waals surface area contributed by atoms with Gasteiger partial charge in [0.2, 0.25) is 0 Å². The van der Waals surface area contributed by atoms with Crippen molar-refractivity contribution in [3.05, 3.63) is 53.1 Å². The number of nitrogens with one attached hydrogen (secondary N) is 1. The number of phenolic OH excluding ortho intramolecular Hbond substituents is 1. The number of pyridine rings is 1. The minimum absolute atomic E-state index is 0.135. The van der Waals surface area contributed by atoms with Crippen LogP contribution in [0.2, 0.25) is 5.02 Å². The number of esters is 1. The molecule has 106 valence electrons. The van der Waals surface area contributed by atoms with Crippen LogP contribution in [0.1, 0.15) is 10.4 Å². The molecule has 3 rings (SSSR count). The molecule has 2 N–H and O–H groups in total. The van der Waals surface area contributed by atoms with Gasteiger partial charge in [0.05, 0.1) is 16.0 Å². The molecule has 0 aliphatic carbocycles. The molecule has 1 aromatic carbocycles. The summed E-state index contributed by atoms with van der Waals surface area (Å²) >= 11 is 6.02. The van der Waals surface area contributed by atoms with E-state index in [4.69, 9.17) is 16.3 Å². The minimum atomic E-state index is -0.941. The van der Waals surface area contributed by atoms with Crippen LogP contribution in [0.3, 0.4) is 0 Å². The van der Waals surface area contributed by atoms with Gasteiger partial charge in [0.1, 0.15) is 17.2 Å². The maximum Gasteiger partial charge on any atom is 0.346 e. The van der Waals surface area contributed by atoms with Gasteiger partial charge in [-0.25, -0.2) is 14.2 Å².